The van der Waals surface area contributed by atoms with Crippen molar-refractivity contribution in [1.82, 2.24) is 9.80 Å². The number of hydrogen-bond donors (Lipinski definition) is 0. The zero-order valence-electron chi connectivity index (χ0n) is 16.3. The molecule has 3 rings (SSSR count). The number of amides is 2. The fourth-order valence-electron chi connectivity index (χ4n) is 3.57. The molecule has 1 saturated heterocycles. The summed E-state index contributed by atoms with van der Waals surface area (Å²) in [6.07, 6.45) is -4.43. The van der Waals surface area contributed by atoms with Crippen LogP contribution in [0.4, 0.5) is 18.9 Å². The molecule has 0 spiro atoms. The molecule has 0 unspecified atom stereocenters. The van der Waals surface area contributed by atoms with E-state index in [1.807, 2.05) is 4.90 Å². The molecular formula is C20H22F3N3O3. The Labute approximate surface area is 166 Å². The number of carbonyl (C=O) groups is 3. The van der Waals surface area contributed by atoms with E-state index < -0.39 is 23.6 Å². The van der Waals surface area contributed by atoms with Gasteiger partial charge in [0.05, 0.1) is 18.7 Å². The van der Waals surface area contributed by atoms with E-state index in [1.54, 1.807) is 24.8 Å². The van der Waals surface area contributed by atoms with Crippen LogP contribution >= 0.6 is 0 Å². The highest BCUT2D eigenvalue weighted by molar-refractivity contribution is 6.20. The number of anilines is 1. The van der Waals surface area contributed by atoms with E-state index in [0.717, 1.165) is 11.0 Å². The first-order valence-corrected chi connectivity index (χ1v) is 9.28. The van der Waals surface area contributed by atoms with Gasteiger partial charge >= 0.3 is 6.18 Å². The molecule has 29 heavy (non-hydrogen) atoms. The predicted octanol–water partition coefficient (Wildman–Crippen LogP) is 2.10. The number of benzene rings is 1. The summed E-state index contributed by atoms with van der Waals surface area (Å²) in [5.41, 5.74) is 0.157. The van der Waals surface area contributed by atoms with Crippen LogP contribution in [0.5, 0.6) is 0 Å². The average Bonchev–Trinajstić information content (AvgIpc) is 2.86. The number of carbonyl (C=O) groups excluding carboxylic acids is 3. The number of para-hydroxylation sites is 1. The normalized spacial score (nSPS) is 18.8. The molecule has 1 aromatic rings. The molecule has 156 valence electrons. The lowest BCUT2D eigenvalue weighted by molar-refractivity contribution is -0.141. The molecule has 0 bridgehead atoms. The maximum atomic E-state index is 13.2. The van der Waals surface area contributed by atoms with E-state index in [-0.39, 0.29) is 24.6 Å². The van der Waals surface area contributed by atoms with Gasteiger partial charge in [0.15, 0.2) is 5.78 Å². The fourth-order valence-corrected chi connectivity index (χ4v) is 3.57. The van der Waals surface area contributed by atoms with Gasteiger partial charge in [0.25, 0.3) is 11.8 Å². The first kappa shape index (κ1) is 21.0. The predicted molar refractivity (Wildman–Crippen MR) is 100 cm³/mol. The zero-order valence-corrected chi connectivity index (χ0v) is 16.3. The van der Waals surface area contributed by atoms with Crippen molar-refractivity contribution in [3.05, 3.63) is 41.0 Å². The Hall–Kier alpha value is -2.68. The van der Waals surface area contributed by atoms with E-state index in [0.29, 0.717) is 37.3 Å². The number of hydrogen-bond acceptors (Lipinski definition) is 5. The first-order valence-electron chi connectivity index (χ1n) is 9.28. The number of nitrogens with zero attached hydrogens (tertiary/aromatic N) is 3. The van der Waals surface area contributed by atoms with E-state index >= 15 is 0 Å². The third kappa shape index (κ3) is 4.34. The smallest absolute Gasteiger partial charge is 0.368 e. The van der Waals surface area contributed by atoms with E-state index in [4.69, 9.17) is 0 Å². The highest BCUT2D eigenvalue weighted by Crippen LogP contribution is 2.36. The minimum atomic E-state index is -4.43. The molecule has 0 atom stereocenters. The lowest BCUT2D eigenvalue weighted by Gasteiger charge is -2.37. The maximum absolute atomic E-state index is 13.2. The van der Waals surface area contributed by atoms with Crippen molar-refractivity contribution < 1.29 is 27.6 Å². The van der Waals surface area contributed by atoms with Gasteiger partial charge in [-0.1, -0.05) is 12.1 Å². The number of alkyl halides is 3. The van der Waals surface area contributed by atoms with Crippen molar-refractivity contribution in [2.75, 3.05) is 44.2 Å². The molecule has 0 radical (unpaired) electrons. The quantitative estimate of drug-likeness (QED) is 0.697. The van der Waals surface area contributed by atoms with Crippen molar-refractivity contribution in [1.29, 1.82) is 0 Å². The van der Waals surface area contributed by atoms with Crippen molar-refractivity contribution in [2.24, 2.45) is 0 Å². The number of Topliss-reactive ketones (excluding diaryl/α,β-unsaturated/α-hetero) is 1. The van der Waals surface area contributed by atoms with Gasteiger partial charge < -0.3 is 4.90 Å². The Morgan fingerprint density at radius 2 is 1.48 bits per heavy atom. The topological polar surface area (TPSA) is 60.9 Å². The molecule has 0 saturated carbocycles. The molecule has 1 fully saturated rings. The minimum Gasteiger partial charge on any atom is -0.368 e. The molecule has 6 nitrogen and oxygen atoms in total. The highest BCUT2D eigenvalue weighted by atomic mass is 19.4. The number of imide groups is 1. The summed E-state index contributed by atoms with van der Waals surface area (Å²) < 4.78 is 39.7. The molecule has 2 heterocycles. The minimum absolute atomic E-state index is 0.0455. The maximum Gasteiger partial charge on any atom is 0.418 e. The van der Waals surface area contributed by atoms with Gasteiger partial charge in [0.1, 0.15) is 0 Å². The van der Waals surface area contributed by atoms with Crippen LogP contribution in [-0.4, -0.2) is 66.7 Å². The van der Waals surface area contributed by atoms with Crippen LogP contribution in [0.1, 0.15) is 19.4 Å². The molecule has 2 aliphatic rings. The van der Waals surface area contributed by atoms with Crippen molar-refractivity contribution in [3.63, 3.8) is 0 Å². The Morgan fingerprint density at radius 3 is 2.03 bits per heavy atom. The third-order valence-electron chi connectivity index (χ3n) is 5.35. The van der Waals surface area contributed by atoms with Gasteiger partial charge in [-0.3, -0.25) is 24.2 Å². The lowest BCUT2D eigenvalue weighted by atomic mass is 10.1. The number of rotatable bonds is 5. The van der Waals surface area contributed by atoms with Gasteiger partial charge in [0.2, 0.25) is 0 Å². The van der Waals surface area contributed by atoms with Gasteiger partial charge in [-0.25, -0.2) is 0 Å². The molecule has 2 amide bonds. The average molecular weight is 409 g/mol. The summed E-state index contributed by atoms with van der Waals surface area (Å²) in [6.45, 7) is 4.39. The van der Waals surface area contributed by atoms with Gasteiger partial charge in [-0.15, -0.1) is 0 Å². The number of ketones is 1. The largest absolute Gasteiger partial charge is 0.418 e. The molecule has 2 aliphatic heterocycles. The van der Waals surface area contributed by atoms with E-state index in [1.165, 1.54) is 12.1 Å². The van der Waals surface area contributed by atoms with Gasteiger partial charge in [-0.05, 0) is 26.0 Å². The Morgan fingerprint density at radius 1 is 0.931 bits per heavy atom. The van der Waals surface area contributed by atoms with Crippen LogP contribution in [0.25, 0.3) is 0 Å². The van der Waals surface area contributed by atoms with Crippen molar-refractivity contribution >= 4 is 23.3 Å². The summed E-state index contributed by atoms with van der Waals surface area (Å²) in [4.78, 5) is 40.9. The van der Waals surface area contributed by atoms with E-state index in [2.05, 4.69) is 0 Å². The third-order valence-corrected chi connectivity index (χ3v) is 5.35. The summed E-state index contributed by atoms with van der Waals surface area (Å²) in [6, 6.07) is 5.45. The molecule has 1 aromatic carbocycles. The summed E-state index contributed by atoms with van der Waals surface area (Å²) in [5, 5.41) is 0. The second-order valence-corrected chi connectivity index (χ2v) is 7.26. The van der Waals surface area contributed by atoms with Gasteiger partial charge in [-0.2, -0.15) is 13.2 Å². The summed E-state index contributed by atoms with van der Waals surface area (Å²) in [7, 11) is 0. The lowest BCUT2D eigenvalue weighted by Crippen LogP contribution is -2.49. The number of halogens is 3. The second kappa shape index (κ2) is 7.98. The zero-order chi connectivity index (χ0) is 21.3. The first-order chi connectivity index (χ1) is 13.6. The highest BCUT2D eigenvalue weighted by Gasteiger charge is 2.36. The van der Waals surface area contributed by atoms with Crippen LogP contribution in [0, 0.1) is 0 Å². The van der Waals surface area contributed by atoms with Crippen LogP contribution < -0.4 is 4.90 Å². The van der Waals surface area contributed by atoms with E-state index in [9.17, 15) is 27.6 Å². The molecule has 0 aliphatic carbocycles. The molecule has 0 N–H and O–H groups in total. The monoisotopic (exact) mass is 409 g/mol. The van der Waals surface area contributed by atoms with Crippen LogP contribution in [0.3, 0.4) is 0 Å². The molecule has 9 heteroatoms. The molecule has 0 aromatic heterocycles. The van der Waals surface area contributed by atoms with Gasteiger partial charge in [0, 0.05) is 43.0 Å². The van der Waals surface area contributed by atoms with Crippen molar-refractivity contribution in [2.45, 2.75) is 20.0 Å². The standard InChI is InChI=1S/C20H22F3N3O3/c1-13-14(2)19(29)26(18(13)28)12-15(27)11-24-7-9-25(10-8-24)17-6-4-3-5-16(17)20(21,22)23/h3-6H,7-12H2,1-2H3. The van der Waals surface area contributed by atoms with Crippen LogP contribution in [0.15, 0.2) is 35.4 Å². The summed E-state index contributed by atoms with van der Waals surface area (Å²) in [5.74, 6) is -1.18. The summed E-state index contributed by atoms with van der Waals surface area (Å²) >= 11 is 0. The Balaban J connectivity index is 1.55. The Kier molecular flexibility index (Phi) is 5.79. The fraction of sp³-hybridized carbons (Fsp3) is 0.450. The van der Waals surface area contributed by atoms with Crippen LogP contribution in [-0.2, 0) is 20.6 Å². The Bertz CT molecular complexity index is 847. The van der Waals surface area contributed by atoms with Crippen LogP contribution in [0.2, 0.25) is 0 Å². The van der Waals surface area contributed by atoms with Crippen molar-refractivity contribution in [3.8, 4) is 0 Å². The number of piperazine rings is 1. The SMILES string of the molecule is CC1=C(C)C(=O)N(CC(=O)CN2CCN(c3ccccc3C(F)(F)F)CC2)C1=O. The molecular weight excluding hydrogens is 387 g/mol. The second-order valence-electron chi connectivity index (χ2n) is 7.26.